The smallest absolute Gasteiger partial charge is 0.244 e. The Morgan fingerprint density at radius 3 is 2.48 bits per heavy atom. The molecule has 1 fully saturated rings. The molecule has 0 radical (unpaired) electrons. The van der Waals surface area contributed by atoms with Gasteiger partial charge in [0.05, 0.1) is 11.1 Å². The van der Waals surface area contributed by atoms with Crippen molar-refractivity contribution >= 4 is 33.2 Å². The molecule has 0 amide bonds. The van der Waals surface area contributed by atoms with E-state index in [1.54, 1.807) is 7.11 Å². The number of hydrogen-bond donors (Lipinski definition) is 1. The lowest BCUT2D eigenvalue weighted by Crippen LogP contribution is -2.40. The quantitative estimate of drug-likeness (QED) is 0.901. The Morgan fingerprint density at radius 1 is 1.33 bits per heavy atom. The predicted molar refractivity (Wildman–Crippen MR) is 83.1 cm³/mol. The molecule has 0 aromatic heterocycles. The average molecular weight is 353 g/mol. The third-order valence-electron chi connectivity index (χ3n) is 3.71. The minimum atomic E-state index is -3.64. The second-order valence-electron chi connectivity index (χ2n) is 4.88. The predicted octanol–water partition coefficient (Wildman–Crippen LogP) is 2.25. The molecular weight excluding hydrogens is 335 g/mol. The van der Waals surface area contributed by atoms with E-state index in [4.69, 9.17) is 33.7 Å². The first-order chi connectivity index (χ1) is 9.91. The highest BCUT2D eigenvalue weighted by molar-refractivity contribution is 7.89. The van der Waals surface area contributed by atoms with Crippen LogP contribution < -0.4 is 5.73 Å². The molecule has 8 heteroatoms. The van der Waals surface area contributed by atoms with E-state index in [1.807, 2.05) is 0 Å². The first-order valence-corrected chi connectivity index (χ1v) is 8.81. The number of benzene rings is 1. The van der Waals surface area contributed by atoms with Crippen LogP contribution in [0.4, 0.5) is 0 Å². The molecule has 0 atom stereocenters. The number of halogens is 2. The van der Waals surface area contributed by atoms with Gasteiger partial charge < -0.3 is 10.5 Å². The molecule has 0 bridgehead atoms. The van der Waals surface area contributed by atoms with Crippen LogP contribution in [0.5, 0.6) is 0 Å². The van der Waals surface area contributed by atoms with Crippen molar-refractivity contribution in [3.8, 4) is 0 Å². The number of methoxy groups -OCH3 is 1. The highest BCUT2D eigenvalue weighted by Crippen LogP contribution is 2.33. The Hall–Kier alpha value is -0.370. The van der Waals surface area contributed by atoms with Crippen molar-refractivity contribution in [2.75, 3.05) is 20.2 Å². The number of rotatable bonds is 4. The fraction of sp³-hybridized carbons (Fsp3) is 0.538. The van der Waals surface area contributed by atoms with Crippen LogP contribution in [-0.4, -0.2) is 39.0 Å². The van der Waals surface area contributed by atoms with E-state index in [2.05, 4.69) is 0 Å². The zero-order valence-electron chi connectivity index (χ0n) is 11.7. The lowest BCUT2D eigenvalue weighted by Gasteiger charge is -2.30. The molecule has 0 saturated carbocycles. The lowest BCUT2D eigenvalue weighted by molar-refractivity contribution is 0.0604. The first kappa shape index (κ1) is 17.0. The van der Waals surface area contributed by atoms with Gasteiger partial charge in [-0.25, -0.2) is 8.42 Å². The van der Waals surface area contributed by atoms with E-state index in [-0.39, 0.29) is 22.6 Å². The number of piperidine rings is 1. The van der Waals surface area contributed by atoms with Crippen molar-refractivity contribution in [3.63, 3.8) is 0 Å². The molecule has 21 heavy (non-hydrogen) atoms. The Bertz CT molecular complexity index is 614. The summed E-state index contributed by atoms with van der Waals surface area (Å²) in [6.07, 6.45) is 1.45. The van der Waals surface area contributed by atoms with Crippen LogP contribution in [0.25, 0.3) is 0 Å². The monoisotopic (exact) mass is 352 g/mol. The molecule has 0 unspecified atom stereocenters. The van der Waals surface area contributed by atoms with Gasteiger partial charge in [-0.2, -0.15) is 4.31 Å². The number of ether oxygens (including phenoxy) is 1. The molecule has 1 heterocycles. The van der Waals surface area contributed by atoms with Crippen LogP contribution >= 0.6 is 23.2 Å². The molecule has 1 aromatic rings. The highest BCUT2D eigenvalue weighted by atomic mass is 35.5. The summed E-state index contributed by atoms with van der Waals surface area (Å²) in [5.74, 6) is 0. The third kappa shape index (κ3) is 3.36. The zero-order valence-corrected chi connectivity index (χ0v) is 14.0. The van der Waals surface area contributed by atoms with Crippen molar-refractivity contribution in [2.24, 2.45) is 5.73 Å². The highest BCUT2D eigenvalue weighted by Gasteiger charge is 2.31. The summed E-state index contributed by atoms with van der Waals surface area (Å²) in [5, 5.41) is 0.485. The molecule has 1 aliphatic heterocycles. The molecule has 1 aromatic carbocycles. The van der Waals surface area contributed by atoms with Crippen LogP contribution in [0, 0.1) is 0 Å². The molecule has 2 rings (SSSR count). The third-order valence-corrected chi connectivity index (χ3v) is 6.55. The van der Waals surface area contributed by atoms with E-state index >= 15 is 0 Å². The number of hydrogen-bond acceptors (Lipinski definition) is 4. The topological polar surface area (TPSA) is 72.6 Å². The normalized spacial score (nSPS) is 18.1. The van der Waals surface area contributed by atoms with E-state index in [1.165, 1.54) is 16.4 Å². The second-order valence-corrected chi connectivity index (χ2v) is 7.57. The minimum Gasteiger partial charge on any atom is -0.381 e. The summed E-state index contributed by atoms with van der Waals surface area (Å²) in [4.78, 5) is 0.0601. The molecule has 2 N–H and O–H groups in total. The standard InChI is InChI=1S/C13H18Cl2N2O3S/c1-20-9-4-6-17(7-5-9)21(18,19)12-3-2-11(14)10(8-16)13(12)15/h2-3,9H,4-8,16H2,1H3. The van der Waals surface area contributed by atoms with Gasteiger partial charge in [0, 0.05) is 37.3 Å². The summed E-state index contributed by atoms with van der Waals surface area (Å²) in [5.41, 5.74) is 6.03. The maximum Gasteiger partial charge on any atom is 0.244 e. The van der Waals surface area contributed by atoms with Crippen LogP contribution in [0.15, 0.2) is 17.0 Å². The van der Waals surface area contributed by atoms with Gasteiger partial charge in [-0.05, 0) is 25.0 Å². The van der Waals surface area contributed by atoms with Crippen molar-refractivity contribution in [1.82, 2.24) is 4.31 Å². The second kappa shape index (κ2) is 6.81. The molecule has 0 spiro atoms. The maximum absolute atomic E-state index is 12.7. The SMILES string of the molecule is COC1CCN(S(=O)(=O)c2ccc(Cl)c(CN)c2Cl)CC1. The van der Waals surface area contributed by atoms with Gasteiger partial charge in [-0.15, -0.1) is 0 Å². The van der Waals surface area contributed by atoms with E-state index in [9.17, 15) is 8.42 Å². The van der Waals surface area contributed by atoms with Gasteiger partial charge in [0.2, 0.25) is 10.0 Å². The van der Waals surface area contributed by atoms with E-state index in [0.717, 1.165) is 0 Å². The van der Waals surface area contributed by atoms with Gasteiger partial charge in [0.1, 0.15) is 4.90 Å². The van der Waals surface area contributed by atoms with Crippen LogP contribution in [0.1, 0.15) is 18.4 Å². The summed E-state index contributed by atoms with van der Waals surface area (Å²) in [6.45, 7) is 0.919. The molecule has 1 aliphatic rings. The van der Waals surface area contributed by atoms with Gasteiger partial charge >= 0.3 is 0 Å². The molecule has 118 valence electrons. The van der Waals surface area contributed by atoms with Crippen LogP contribution in [0.3, 0.4) is 0 Å². The molecule has 0 aliphatic carbocycles. The van der Waals surface area contributed by atoms with Gasteiger partial charge in [-0.3, -0.25) is 0 Å². The maximum atomic E-state index is 12.7. The van der Waals surface area contributed by atoms with Crippen molar-refractivity contribution < 1.29 is 13.2 Å². The molecular formula is C13H18Cl2N2O3S. The number of sulfonamides is 1. The van der Waals surface area contributed by atoms with Gasteiger partial charge in [0.15, 0.2) is 0 Å². The largest absolute Gasteiger partial charge is 0.381 e. The lowest BCUT2D eigenvalue weighted by atomic mass is 10.1. The number of nitrogens with zero attached hydrogens (tertiary/aromatic N) is 1. The van der Waals surface area contributed by atoms with Crippen molar-refractivity contribution in [3.05, 3.63) is 27.7 Å². The fourth-order valence-corrected chi connectivity index (χ4v) is 4.79. The van der Waals surface area contributed by atoms with Crippen LogP contribution in [-0.2, 0) is 21.3 Å². The Balaban J connectivity index is 2.33. The van der Waals surface area contributed by atoms with Crippen molar-refractivity contribution in [2.45, 2.75) is 30.4 Å². The van der Waals surface area contributed by atoms with E-state index < -0.39 is 10.0 Å². The Morgan fingerprint density at radius 2 is 1.95 bits per heavy atom. The average Bonchev–Trinajstić information content (AvgIpc) is 2.47. The molecule has 5 nitrogen and oxygen atoms in total. The van der Waals surface area contributed by atoms with Gasteiger partial charge in [0.25, 0.3) is 0 Å². The summed E-state index contributed by atoms with van der Waals surface area (Å²) in [7, 11) is -2.00. The Kier molecular flexibility index (Phi) is 5.51. The van der Waals surface area contributed by atoms with Crippen molar-refractivity contribution in [1.29, 1.82) is 0 Å². The zero-order chi connectivity index (χ0) is 15.6. The van der Waals surface area contributed by atoms with Crippen LogP contribution in [0.2, 0.25) is 10.0 Å². The van der Waals surface area contributed by atoms with E-state index in [0.29, 0.717) is 36.5 Å². The molecule has 1 saturated heterocycles. The first-order valence-electron chi connectivity index (χ1n) is 6.61. The summed E-state index contributed by atoms with van der Waals surface area (Å²) >= 11 is 12.2. The minimum absolute atomic E-state index is 0.0601. The Labute approximate surface area is 135 Å². The summed E-state index contributed by atoms with van der Waals surface area (Å²) in [6, 6.07) is 2.95. The van der Waals surface area contributed by atoms with Gasteiger partial charge in [-0.1, -0.05) is 23.2 Å². The summed E-state index contributed by atoms with van der Waals surface area (Å²) < 4.78 is 32.1. The fourth-order valence-electron chi connectivity index (χ4n) is 2.41. The number of nitrogens with two attached hydrogens (primary N) is 1.